The fraction of sp³-hybridized carbons (Fsp3) is 0.312. The van der Waals surface area contributed by atoms with Crippen molar-refractivity contribution in [2.75, 3.05) is 0 Å². The zero-order valence-electron chi connectivity index (χ0n) is 11.4. The molecule has 0 saturated heterocycles. The van der Waals surface area contributed by atoms with E-state index >= 15 is 0 Å². The topological polar surface area (TPSA) is 63.1 Å². The van der Waals surface area contributed by atoms with Crippen molar-refractivity contribution in [2.45, 2.75) is 25.7 Å². The number of hydrogen-bond acceptors (Lipinski definition) is 3. The lowest BCUT2D eigenvalue weighted by atomic mass is 9.87. The maximum Gasteiger partial charge on any atom is 0.306 e. The van der Waals surface area contributed by atoms with E-state index in [-0.39, 0.29) is 5.92 Å². The standard InChI is InChI=1S/C16H15BrN2O2/c17-13-4-2-1-3-10(13)8-15-18-9-12-7-11(16(20)21)5-6-14(12)19-15/h1-4,9,11H,5-8H2,(H,20,21). The highest BCUT2D eigenvalue weighted by Crippen LogP contribution is 2.25. The summed E-state index contributed by atoms with van der Waals surface area (Å²) in [5.41, 5.74) is 3.13. The average Bonchev–Trinajstić information content (AvgIpc) is 2.49. The molecule has 2 aromatic rings. The molecular weight excluding hydrogens is 332 g/mol. The Morgan fingerprint density at radius 1 is 1.38 bits per heavy atom. The van der Waals surface area contributed by atoms with Crippen molar-refractivity contribution >= 4 is 21.9 Å². The molecule has 0 aliphatic heterocycles. The van der Waals surface area contributed by atoms with Gasteiger partial charge in [0, 0.05) is 22.8 Å². The largest absolute Gasteiger partial charge is 0.481 e. The van der Waals surface area contributed by atoms with Gasteiger partial charge < -0.3 is 5.11 Å². The lowest BCUT2D eigenvalue weighted by Gasteiger charge is -2.20. The molecule has 0 spiro atoms. The highest BCUT2D eigenvalue weighted by Gasteiger charge is 2.25. The molecular formula is C16H15BrN2O2. The second-order valence-corrected chi connectivity index (χ2v) is 6.16. The van der Waals surface area contributed by atoms with E-state index in [1.807, 2.05) is 24.3 Å². The number of nitrogens with zero attached hydrogens (tertiary/aromatic N) is 2. The van der Waals surface area contributed by atoms with Gasteiger partial charge in [-0.15, -0.1) is 0 Å². The summed E-state index contributed by atoms with van der Waals surface area (Å²) in [5.74, 6) is -0.234. The summed E-state index contributed by atoms with van der Waals surface area (Å²) in [6, 6.07) is 8.03. The number of rotatable bonds is 3. The third-order valence-electron chi connectivity index (χ3n) is 3.86. The Hall–Kier alpha value is -1.75. The third kappa shape index (κ3) is 3.13. The average molecular weight is 347 g/mol. The van der Waals surface area contributed by atoms with Gasteiger partial charge in [0.25, 0.3) is 0 Å². The molecule has 0 bridgehead atoms. The Kier molecular flexibility index (Phi) is 4.01. The van der Waals surface area contributed by atoms with Crippen molar-refractivity contribution in [3.05, 3.63) is 57.6 Å². The Morgan fingerprint density at radius 3 is 2.95 bits per heavy atom. The van der Waals surface area contributed by atoms with Crippen LogP contribution in [0.3, 0.4) is 0 Å². The number of fused-ring (bicyclic) bond motifs is 1. The lowest BCUT2D eigenvalue weighted by molar-refractivity contribution is -0.142. The minimum atomic E-state index is -0.724. The SMILES string of the molecule is O=C(O)C1CCc2nc(Cc3ccccc3Br)ncc2C1. The molecule has 3 rings (SSSR count). The molecule has 1 aliphatic carbocycles. The number of carbonyl (C=O) groups is 1. The maximum atomic E-state index is 11.1. The van der Waals surface area contributed by atoms with E-state index in [2.05, 4.69) is 25.9 Å². The van der Waals surface area contributed by atoms with Crippen LogP contribution in [0.2, 0.25) is 0 Å². The van der Waals surface area contributed by atoms with Gasteiger partial charge in [-0.05, 0) is 36.5 Å². The molecule has 1 aliphatic rings. The first-order valence-corrected chi connectivity index (χ1v) is 7.72. The summed E-state index contributed by atoms with van der Waals surface area (Å²) in [6.07, 6.45) is 4.40. The second-order valence-electron chi connectivity index (χ2n) is 5.30. The monoisotopic (exact) mass is 346 g/mol. The van der Waals surface area contributed by atoms with Crippen molar-refractivity contribution in [1.29, 1.82) is 0 Å². The Balaban J connectivity index is 1.81. The van der Waals surface area contributed by atoms with E-state index in [4.69, 9.17) is 5.11 Å². The second kappa shape index (κ2) is 5.93. The molecule has 1 aromatic heterocycles. The number of hydrogen-bond donors (Lipinski definition) is 1. The highest BCUT2D eigenvalue weighted by molar-refractivity contribution is 9.10. The molecule has 0 fully saturated rings. The van der Waals surface area contributed by atoms with Crippen LogP contribution in [0, 0.1) is 5.92 Å². The number of carboxylic acid groups (broad SMARTS) is 1. The summed E-state index contributed by atoms with van der Waals surface area (Å²) < 4.78 is 1.05. The number of carboxylic acids is 1. The quantitative estimate of drug-likeness (QED) is 0.927. The maximum absolute atomic E-state index is 11.1. The van der Waals surface area contributed by atoms with E-state index in [0.29, 0.717) is 19.3 Å². The first-order chi connectivity index (χ1) is 10.1. The van der Waals surface area contributed by atoms with Gasteiger partial charge in [-0.2, -0.15) is 0 Å². The van der Waals surface area contributed by atoms with Crippen LogP contribution in [0.15, 0.2) is 34.9 Å². The Labute approximate surface area is 131 Å². The molecule has 1 unspecified atom stereocenters. The number of aliphatic carboxylic acids is 1. The zero-order chi connectivity index (χ0) is 14.8. The van der Waals surface area contributed by atoms with Gasteiger partial charge >= 0.3 is 5.97 Å². The smallest absolute Gasteiger partial charge is 0.306 e. The molecule has 4 nitrogen and oxygen atoms in total. The van der Waals surface area contributed by atoms with Crippen molar-refractivity contribution in [2.24, 2.45) is 5.92 Å². The lowest BCUT2D eigenvalue weighted by Crippen LogP contribution is -2.23. The van der Waals surface area contributed by atoms with Crippen molar-refractivity contribution in [1.82, 2.24) is 9.97 Å². The molecule has 1 aromatic carbocycles. The van der Waals surface area contributed by atoms with Crippen LogP contribution in [-0.2, 0) is 24.1 Å². The molecule has 0 radical (unpaired) electrons. The van der Waals surface area contributed by atoms with Crippen LogP contribution >= 0.6 is 15.9 Å². The molecule has 1 atom stereocenters. The first kappa shape index (κ1) is 14.2. The van der Waals surface area contributed by atoms with Gasteiger partial charge in [-0.3, -0.25) is 4.79 Å². The van der Waals surface area contributed by atoms with Crippen LogP contribution in [0.25, 0.3) is 0 Å². The van der Waals surface area contributed by atoms with Crippen molar-refractivity contribution in [3.8, 4) is 0 Å². The summed E-state index contributed by atoms with van der Waals surface area (Å²) in [4.78, 5) is 20.1. The Morgan fingerprint density at radius 2 is 2.19 bits per heavy atom. The van der Waals surface area contributed by atoms with E-state index in [1.165, 1.54) is 0 Å². The number of aryl methyl sites for hydroxylation is 1. The summed E-state index contributed by atoms with van der Waals surface area (Å²) in [7, 11) is 0. The van der Waals surface area contributed by atoms with E-state index in [9.17, 15) is 4.79 Å². The molecule has 1 N–H and O–H groups in total. The molecule has 0 amide bonds. The van der Waals surface area contributed by atoms with E-state index in [0.717, 1.165) is 33.5 Å². The van der Waals surface area contributed by atoms with Gasteiger partial charge in [-0.1, -0.05) is 34.1 Å². The summed E-state index contributed by atoms with van der Waals surface area (Å²) in [5, 5.41) is 9.10. The van der Waals surface area contributed by atoms with Crippen molar-refractivity contribution in [3.63, 3.8) is 0 Å². The molecule has 0 saturated carbocycles. The Bertz CT molecular complexity index is 688. The van der Waals surface area contributed by atoms with Crippen LogP contribution in [0.5, 0.6) is 0 Å². The fourth-order valence-corrected chi connectivity index (χ4v) is 3.08. The minimum Gasteiger partial charge on any atom is -0.481 e. The molecule has 21 heavy (non-hydrogen) atoms. The molecule has 5 heteroatoms. The normalized spacial score (nSPS) is 17.3. The van der Waals surface area contributed by atoms with E-state index in [1.54, 1.807) is 6.20 Å². The third-order valence-corrected chi connectivity index (χ3v) is 4.63. The van der Waals surface area contributed by atoms with Crippen LogP contribution in [0.1, 0.15) is 29.1 Å². The van der Waals surface area contributed by atoms with Crippen LogP contribution in [0.4, 0.5) is 0 Å². The van der Waals surface area contributed by atoms with Gasteiger partial charge in [0.05, 0.1) is 5.92 Å². The van der Waals surface area contributed by atoms with Crippen molar-refractivity contribution < 1.29 is 9.90 Å². The number of benzene rings is 1. The van der Waals surface area contributed by atoms with Gasteiger partial charge in [0.1, 0.15) is 5.82 Å². The first-order valence-electron chi connectivity index (χ1n) is 6.93. The summed E-state index contributed by atoms with van der Waals surface area (Å²) in [6.45, 7) is 0. The predicted molar refractivity (Wildman–Crippen MR) is 82.1 cm³/mol. The number of halogens is 1. The van der Waals surface area contributed by atoms with Crippen LogP contribution < -0.4 is 0 Å². The summed E-state index contributed by atoms with van der Waals surface area (Å²) >= 11 is 3.53. The molecule has 108 valence electrons. The predicted octanol–water partition coefficient (Wildman–Crippen LogP) is 3.02. The van der Waals surface area contributed by atoms with Gasteiger partial charge in [0.2, 0.25) is 0 Å². The van der Waals surface area contributed by atoms with E-state index < -0.39 is 5.97 Å². The zero-order valence-corrected chi connectivity index (χ0v) is 13.0. The highest BCUT2D eigenvalue weighted by atomic mass is 79.9. The van der Waals surface area contributed by atoms with Gasteiger partial charge in [-0.25, -0.2) is 9.97 Å². The van der Waals surface area contributed by atoms with Crippen LogP contribution in [-0.4, -0.2) is 21.0 Å². The molecule has 1 heterocycles. The minimum absolute atomic E-state index is 0.296. The van der Waals surface area contributed by atoms with Gasteiger partial charge in [0.15, 0.2) is 0 Å². The number of aromatic nitrogens is 2. The fourth-order valence-electron chi connectivity index (χ4n) is 2.66.